The molecule has 48 valence electrons. The number of hydrogen-bond acceptors (Lipinski definition) is 1. The second kappa shape index (κ2) is 7.53. The molecule has 0 N–H and O–H groups in total. The first-order valence-electron chi connectivity index (χ1n) is 2.80. The van der Waals surface area contributed by atoms with Crippen molar-refractivity contribution >= 4 is 15.9 Å². The Bertz CT molecular complexity index is 147. The van der Waals surface area contributed by atoms with Crippen molar-refractivity contribution in [2.24, 2.45) is 0 Å². The fraction of sp³-hybridized carbons (Fsp3) is 0.571. The van der Waals surface area contributed by atoms with Crippen molar-refractivity contribution in [2.75, 3.05) is 5.33 Å². The molecular weight excluding hydrogens is 178 g/mol. The van der Waals surface area contributed by atoms with Crippen molar-refractivity contribution in [1.29, 1.82) is 5.26 Å². The predicted molar refractivity (Wildman–Crippen MR) is 41.0 cm³/mol. The van der Waals surface area contributed by atoms with Gasteiger partial charge < -0.3 is 0 Å². The molecule has 0 atom stereocenters. The highest BCUT2D eigenvalue weighted by Gasteiger charge is 1.78. The smallest absolute Gasteiger partial charge is 0.0645 e. The minimum Gasteiger partial charge on any atom is -0.198 e. The minimum atomic E-state index is 0.622. The van der Waals surface area contributed by atoms with Gasteiger partial charge in [-0.2, -0.15) is 5.26 Å². The number of hydrogen-bond donors (Lipinski definition) is 0. The number of rotatable bonds is 2. The zero-order valence-electron chi connectivity index (χ0n) is 5.15. The zero-order valence-corrected chi connectivity index (χ0v) is 6.74. The summed E-state index contributed by atoms with van der Waals surface area (Å²) in [6, 6.07) is 2.07. The summed E-state index contributed by atoms with van der Waals surface area (Å²) in [7, 11) is 0. The highest BCUT2D eigenvalue weighted by Crippen LogP contribution is 1.90. The first-order chi connectivity index (χ1) is 4.41. The van der Waals surface area contributed by atoms with Crippen LogP contribution in [0.2, 0.25) is 0 Å². The standard InChI is InChI=1S/C7H8BrN/c8-6-4-2-1-3-5-7-9/h1,3,5-6H2. The molecule has 0 bridgehead atoms. The Hall–Kier alpha value is -0.470. The van der Waals surface area contributed by atoms with E-state index in [1.807, 2.05) is 0 Å². The van der Waals surface area contributed by atoms with Gasteiger partial charge >= 0.3 is 0 Å². The van der Waals surface area contributed by atoms with E-state index in [2.05, 4.69) is 33.8 Å². The van der Waals surface area contributed by atoms with E-state index in [0.29, 0.717) is 6.42 Å². The van der Waals surface area contributed by atoms with E-state index in [0.717, 1.165) is 18.2 Å². The molecule has 0 aliphatic carbocycles. The molecule has 0 aliphatic heterocycles. The van der Waals surface area contributed by atoms with Gasteiger partial charge in [0.25, 0.3) is 0 Å². The molecule has 1 nitrogen and oxygen atoms in total. The van der Waals surface area contributed by atoms with Gasteiger partial charge in [0.15, 0.2) is 0 Å². The molecule has 0 fully saturated rings. The summed E-state index contributed by atoms with van der Waals surface area (Å²) < 4.78 is 0. The van der Waals surface area contributed by atoms with Crippen LogP contribution in [-0.4, -0.2) is 5.33 Å². The summed E-state index contributed by atoms with van der Waals surface area (Å²) in [5.41, 5.74) is 0. The van der Waals surface area contributed by atoms with Crippen LogP contribution in [0.4, 0.5) is 0 Å². The summed E-state index contributed by atoms with van der Waals surface area (Å²) in [5.74, 6) is 5.79. The molecule has 0 rings (SSSR count). The van der Waals surface area contributed by atoms with Gasteiger partial charge in [0.05, 0.1) is 11.4 Å². The largest absolute Gasteiger partial charge is 0.198 e. The van der Waals surface area contributed by atoms with Gasteiger partial charge in [0.2, 0.25) is 0 Å². The van der Waals surface area contributed by atoms with Crippen LogP contribution >= 0.6 is 15.9 Å². The zero-order chi connectivity index (χ0) is 6.95. The molecule has 0 aromatic heterocycles. The number of alkyl halides is 1. The van der Waals surface area contributed by atoms with Gasteiger partial charge in [0.1, 0.15) is 0 Å². The Balaban J connectivity index is 3.01. The summed E-state index contributed by atoms with van der Waals surface area (Å²) in [6.07, 6.45) is 2.37. The van der Waals surface area contributed by atoms with Crippen LogP contribution < -0.4 is 0 Å². The molecule has 2 heteroatoms. The number of nitrogens with zero attached hydrogens (tertiary/aromatic N) is 1. The van der Waals surface area contributed by atoms with Gasteiger partial charge in [0, 0.05) is 12.8 Å². The molecule has 0 saturated carbocycles. The van der Waals surface area contributed by atoms with E-state index >= 15 is 0 Å². The third-order valence-corrected chi connectivity index (χ3v) is 1.06. The molecule has 0 amide bonds. The average Bonchev–Trinajstić information content (AvgIpc) is 1.89. The van der Waals surface area contributed by atoms with Crippen molar-refractivity contribution in [3.63, 3.8) is 0 Å². The van der Waals surface area contributed by atoms with Gasteiger partial charge in [-0.05, 0) is 6.42 Å². The van der Waals surface area contributed by atoms with E-state index in [1.54, 1.807) is 0 Å². The quantitative estimate of drug-likeness (QED) is 0.368. The van der Waals surface area contributed by atoms with Crippen LogP contribution in [0, 0.1) is 23.2 Å². The van der Waals surface area contributed by atoms with E-state index in [-0.39, 0.29) is 0 Å². The van der Waals surface area contributed by atoms with Crippen molar-refractivity contribution < 1.29 is 0 Å². The minimum absolute atomic E-state index is 0.622. The fourth-order valence-electron chi connectivity index (χ4n) is 0.391. The fourth-order valence-corrected chi connectivity index (χ4v) is 0.590. The Morgan fingerprint density at radius 2 is 2.00 bits per heavy atom. The molecule has 9 heavy (non-hydrogen) atoms. The van der Waals surface area contributed by atoms with E-state index in [1.165, 1.54) is 0 Å². The molecular formula is C7H8BrN. The van der Waals surface area contributed by atoms with Crippen LogP contribution in [0.15, 0.2) is 0 Å². The van der Waals surface area contributed by atoms with Crippen LogP contribution in [0.25, 0.3) is 0 Å². The lowest BCUT2D eigenvalue weighted by Gasteiger charge is -1.79. The van der Waals surface area contributed by atoms with E-state index < -0.39 is 0 Å². The van der Waals surface area contributed by atoms with Crippen molar-refractivity contribution in [3.05, 3.63) is 0 Å². The molecule has 0 aromatic carbocycles. The summed E-state index contributed by atoms with van der Waals surface area (Å²) >= 11 is 3.18. The lowest BCUT2D eigenvalue weighted by molar-refractivity contribution is 0.894. The molecule has 0 saturated heterocycles. The first kappa shape index (κ1) is 8.53. The molecule has 0 aliphatic rings. The SMILES string of the molecule is N#CCCCC#CCBr. The number of nitriles is 1. The van der Waals surface area contributed by atoms with Crippen LogP contribution in [-0.2, 0) is 0 Å². The van der Waals surface area contributed by atoms with E-state index in [4.69, 9.17) is 5.26 Å². The second-order valence-electron chi connectivity index (χ2n) is 1.50. The summed E-state index contributed by atoms with van der Waals surface area (Å²) in [5, 5.41) is 8.85. The second-order valence-corrected chi connectivity index (χ2v) is 2.06. The monoisotopic (exact) mass is 185 g/mol. The average molecular weight is 186 g/mol. The van der Waals surface area contributed by atoms with Crippen LogP contribution in [0.1, 0.15) is 19.3 Å². The van der Waals surface area contributed by atoms with E-state index in [9.17, 15) is 0 Å². The highest BCUT2D eigenvalue weighted by atomic mass is 79.9. The van der Waals surface area contributed by atoms with Crippen molar-refractivity contribution in [1.82, 2.24) is 0 Å². The third-order valence-electron chi connectivity index (χ3n) is 0.782. The van der Waals surface area contributed by atoms with Gasteiger partial charge in [-0.15, -0.1) is 5.92 Å². The molecule has 0 radical (unpaired) electrons. The maximum absolute atomic E-state index is 8.12. The topological polar surface area (TPSA) is 23.8 Å². The first-order valence-corrected chi connectivity index (χ1v) is 3.92. The lowest BCUT2D eigenvalue weighted by Crippen LogP contribution is -1.69. The van der Waals surface area contributed by atoms with Crippen molar-refractivity contribution in [2.45, 2.75) is 19.3 Å². The van der Waals surface area contributed by atoms with Crippen molar-refractivity contribution in [3.8, 4) is 17.9 Å². The van der Waals surface area contributed by atoms with Crippen LogP contribution in [0.3, 0.4) is 0 Å². The van der Waals surface area contributed by atoms with Gasteiger partial charge in [-0.3, -0.25) is 0 Å². The Morgan fingerprint density at radius 3 is 2.56 bits per heavy atom. The molecule has 0 spiro atoms. The Morgan fingerprint density at radius 1 is 1.22 bits per heavy atom. The number of unbranched alkanes of at least 4 members (excludes halogenated alkanes) is 2. The predicted octanol–water partition coefficient (Wildman–Crippen LogP) is 2.08. The summed E-state index contributed by atoms with van der Waals surface area (Å²) in [4.78, 5) is 0. The van der Waals surface area contributed by atoms with Gasteiger partial charge in [-0.25, -0.2) is 0 Å². The highest BCUT2D eigenvalue weighted by molar-refractivity contribution is 9.09. The maximum atomic E-state index is 8.12. The van der Waals surface area contributed by atoms with Crippen LogP contribution in [0.5, 0.6) is 0 Å². The molecule has 0 heterocycles. The summed E-state index contributed by atoms with van der Waals surface area (Å²) in [6.45, 7) is 0. The Kier molecular flexibility index (Phi) is 7.14. The normalized spacial score (nSPS) is 7.11. The lowest BCUT2D eigenvalue weighted by atomic mass is 10.2. The third kappa shape index (κ3) is 7.53. The molecule has 0 aromatic rings. The molecule has 0 unspecified atom stereocenters. The van der Waals surface area contributed by atoms with Gasteiger partial charge in [-0.1, -0.05) is 21.9 Å². The number of halogens is 1. The Labute approximate surface area is 64.2 Å². The maximum Gasteiger partial charge on any atom is 0.0645 e.